The molecule has 0 aliphatic rings. The van der Waals surface area contributed by atoms with E-state index in [9.17, 15) is 4.79 Å². The summed E-state index contributed by atoms with van der Waals surface area (Å²) in [6, 6.07) is 3.44. The van der Waals surface area contributed by atoms with Gasteiger partial charge in [0.05, 0.1) is 0 Å². The largest absolute Gasteiger partial charge is 0.409 e. The Morgan fingerprint density at radius 3 is 2.84 bits per heavy atom. The van der Waals surface area contributed by atoms with Crippen molar-refractivity contribution in [2.24, 2.45) is 16.8 Å². The van der Waals surface area contributed by atoms with Crippen LogP contribution in [0.3, 0.4) is 0 Å². The molecule has 0 aliphatic heterocycles. The summed E-state index contributed by atoms with van der Waals surface area (Å²) in [4.78, 5) is 18.1. The van der Waals surface area contributed by atoms with E-state index in [1.54, 1.807) is 23.2 Å². The molecule has 0 spiro atoms. The monoisotopic (exact) mass is 264 g/mol. The number of aryl methyl sites for hydroxylation is 1. The summed E-state index contributed by atoms with van der Waals surface area (Å²) in [5.74, 6) is -0.153. The maximum absolute atomic E-state index is 12.3. The molecule has 0 aliphatic carbocycles. The predicted molar refractivity (Wildman–Crippen MR) is 73.1 cm³/mol. The van der Waals surface area contributed by atoms with Crippen LogP contribution in [0.15, 0.2) is 23.5 Å². The van der Waals surface area contributed by atoms with Crippen LogP contribution in [0.4, 0.5) is 0 Å². The number of nitrogens with two attached hydrogens (primary N) is 1. The number of carbonyl (C=O) groups is 1. The van der Waals surface area contributed by atoms with Crippen LogP contribution in [-0.2, 0) is 0 Å². The van der Waals surface area contributed by atoms with Crippen molar-refractivity contribution in [3.63, 3.8) is 0 Å². The SMILES string of the molecule is CCN(CC(C)/C(N)=N/O)C(=O)c1ccnc(C)c1. The number of nitrogens with zero attached hydrogens (tertiary/aromatic N) is 3. The molecule has 1 unspecified atom stereocenters. The van der Waals surface area contributed by atoms with Crippen molar-refractivity contribution in [3.8, 4) is 0 Å². The van der Waals surface area contributed by atoms with Crippen molar-refractivity contribution in [1.29, 1.82) is 0 Å². The van der Waals surface area contributed by atoms with Gasteiger partial charge in [-0.2, -0.15) is 0 Å². The smallest absolute Gasteiger partial charge is 0.253 e. The van der Waals surface area contributed by atoms with Crippen LogP contribution >= 0.6 is 0 Å². The van der Waals surface area contributed by atoms with Gasteiger partial charge in [-0.3, -0.25) is 9.78 Å². The van der Waals surface area contributed by atoms with E-state index < -0.39 is 0 Å². The first-order chi connectivity index (χ1) is 8.99. The van der Waals surface area contributed by atoms with Crippen molar-refractivity contribution in [2.75, 3.05) is 13.1 Å². The molecular weight excluding hydrogens is 244 g/mol. The van der Waals surface area contributed by atoms with Gasteiger partial charge in [0, 0.05) is 36.5 Å². The van der Waals surface area contributed by atoms with Crippen LogP contribution in [0, 0.1) is 12.8 Å². The van der Waals surface area contributed by atoms with Gasteiger partial charge in [-0.1, -0.05) is 12.1 Å². The lowest BCUT2D eigenvalue weighted by molar-refractivity contribution is 0.0753. The van der Waals surface area contributed by atoms with Crippen LogP contribution in [0.25, 0.3) is 0 Å². The van der Waals surface area contributed by atoms with Gasteiger partial charge in [0.25, 0.3) is 5.91 Å². The Balaban J connectivity index is 2.83. The minimum Gasteiger partial charge on any atom is -0.409 e. The lowest BCUT2D eigenvalue weighted by Gasteiger charge is -2.24. The molecule has 1 heterocycles. The number of amidine groups is 1. The number of hydrogen-bond donors (Lipinski definition) is 2. The van der Waals surface area contributed by atoms with Gasteiger partial charge in [0.1, 0.15) is 5.84 Å². The number of amides is 1. The molecule has 0 aromatic carbocycles. The quantitative estimate of drug-likeness (QED) is 0.362. The second-order valence-electron chi connectivity index (χ2n) is 4.46. The first-order valence-corrected chi connectivity index (χ1v) is 6.19. The zero-order chi connectivity index (χ0) is 14.4. The molecule has 0 bridgehead atoms. The van der Waals surface area contributed by atoms with Crippen LogP contribution in [0.2, 0.25) is 0 Å². The fourth-order valence-electron chi connectivity index (χ4n) is 1.74. The molecule has 0 radical (unpaired) electrons. The predicted octanol–water partition coefficient (Wildman–Crippen LogP) is 1.23. The lowest BCUT2D eigenvalue weighted by atomic mass is 10.1. The summed E-state index contributed by atoms with van der Waals surface area (Å²) >= 11 is 0. The maximum atomic E-state index is 12.3. The molecule has 0 saturated carbocycles. The number of oxime groups is 1. The van der Waals surface area contributed by atoms with Crippen molar-refractivity contribution in [3.05, 3.63) is 29.6 Å². The Morgan fingerprint density at radius 2 is 2.32 bits per heavy atom. The Bertz CT molecular complexity index is 473. The molecule has 104 valence electrons. The van der Waals surface area contributed by atoms with E-state index in [1.165, 1.54) is 0 Å². The standard InChI is InChI=1S/C13H20N4O2/c1-4-17(8-9(2)12(14)16-19)13(18)11-5-6-15-10(3)7-11/h5-7,9,19H,4,8H2,1-3H3,(H2,14,16). The highest BCUT2D eigenvalue weighted by Gasteiger charge is 2.19. The third-order valence-corrected chi connectivity index (χ3v) is 2.93. The Morgan fingerprint density at radius 1 is 1.63 bits per heavy atom. The Kier molecular flexibility index (Phi) is 5.29. The minimum absolute atomic E-state index is 0.0782. The molecule has 1 aromatic heterocycles. The normalized spacial score (nSPS) is 13.1. The van der Waals surface area contributed by atoms with E-state index in [2.05, 4.69) is 10.1 Å². The van der Waals surface area contributed by atoms with Gasteiger partial charge in [-0.15, -0.1) is 0 Å². The van der Waals surface area contributed by atoms with E-state index in [1.807, 2.05) is 20.8 Å². The van der Waals surface area contributed by atoms with Crippen LogP contribution in [0.5, 0.6) is 0 Å². The van der Waals surface area contributed by atoms with Gasteiger partial charge < -0.3 is 15.8 Å². The number of carbonyl (C=O) groups excluding carboxylic acids is 1. The molecule has 1 aromatic rings. The molecule has 1 atom stereocenters. The van der Waals surface area contributed by atoms with Gasteiger partial charge in [-0.05, 0) is 26.0 Å². The van der Waals surface area contributed by atoms with E-state index in [0.717, 1.165) is 5.69 Å². The van der Waals surface area contributed by atoms with Crippen LogP contribution < -0.4 is 5.73 Å². The molecule has 0 saturated heterocycles. The molecule has 1 amide bonds. The van der Waals surface area contributed by atoms with Gasteiger partial charge in [0.15, 0.2) is 0 Å². The second kappa shape index (κ2) is 6.72. The first kappa shape index (κ1) is 14.9. The van der Waals surface area contributed by atoms with Gasteiger partial charge >= 0.3 is 0 Å². The fourth-order valence-corrected chi connectivity index (χ4v) is 1.74. The molecular formula is C13H20N4O2. The van der Waals surface area contributed by atoms with Crippen molar-refractivity contribution in [2.45, 2.75) is 20.8 Å². The van der Waals surface area contributed by atoms with Gasteiger partial charge in [-0.25, -0.2) is 0 Å². The third-order valence-electron chi connectivity index (χ3n) is 2.93. The molecule has 0 fully saturated rings. The molecule has 19 heavy (non-hydrogen) atoms. The molecule has 1 rings (SSSR count). The first-order valence-electron chi connectivity index (χ1n) is 6.19. The van der Waals surface area contributed by atoms with Crippen molar-refractivity contribution >= 4 is 11.7 Å². The summed E-state index contributed by atoms with van der Waals surface area (Å²) in [6.07, 6.45) is 1.61. The molecule has 6 heteroatoms. The maximum Gasteiger partial charge on any atom is 0.253 e. The van der Waals surface area contributed by atoms with Crippen LogP contribution in [-0.4, -0.2) is 39.9 Å². The molecule has 3 N–H and O–H groups in total. The summed E-state index contributed by atoms with van der Waals surface area (Å²) in [5, 5.41) is 11.6. The third kappa shape index (κ3) is 3.94. The Hall–Kier alpha value is -2.11. The van der Waals surface area contributed by atoms with E-state index in [0.29, 0.717) is 18.7 Å². The topological polar surface area (TPSA) is 91.8 Å². The zero-order valence-electron chi connectivity index (χ0n) is 11.5. The van der Waals surface area contributed by atoms with Crippen molar-refractivity contribution < 1.29 is 10.0 Å². The van der Waals surface area contributed by atoms with E-state index in [-0.39, 0.29) is 17.7 Å². The Labute approximate surface area is 112 Å². The lowest BCUT2D eigenvalue weighted by Crippen LogP contribution is -2.38. The number of aromatic nitrogens is 1. The van der Waals surface area contributed by atoms with Gasteiger partial charge in [0.2, 0.25) is 0 Å². The number of pyridine rings is 1. The fraction of sp³-hybridized carbons (Fsp3) is 0.462. The zero-order valence-corrected chi connectivity index (χ0v) is 11.5. The summed E-state index contributed by atoms with van der Waals surface area (Å²) in [5.41, 5.74) is 6.93. The minimum atomic E-state index is -0.197. The summed E-state index contributed by atoms with van der Waals surface area (Å²) in [7, 11) is 0. The highest BCUT2D eigenvalue weighted by Crippen LogP contribution is 2.08. The molecule has 6 nitrogen and oxygen atoms in total. The average molecular weight is 264 g/mol. The number of rotatable bonds is 5. The van der Waals surface area contributed by atoms with Crippen molar-refractivity contribution in [1.82, 2.24) is 9.88 Å². The van der Waals surface area contributed by atoms with Crippen LogP contribution in [0.1, 0.15) is 29.9 Å². The van der Waals surface area contributed by atoms with E-state index >= 15 is 0 Å². The summed E-state index contributed by atoms with van der Waals surface area (Å²) < 4.78 is 0. The van der Waals surface area contributed by atoms with E-state index in [4.69, 9.17) is 10.9 Å². The second-order valence-corrected chi connectivity index (χ2v) is 4.46. The average Bonchev–Trinajstić information content (AvgIpc) is 2.42. The number of hydrogen-bond acceptors (Lipinski definition) is 4. The highest BCUT2D eigenvalue weighted by molar-refractivity contribution is 5.94. The highest BCUT2D eigenvalue weighted by atomic mass is 16.4. The summed E-state index contributed by atoms with van der Waals surface area (Å²) in [6.45, 7) is 6.51.